The monoisotopic (exact) mass is 192 g/mol. The number of ether oxygens (including phenoxy) is 1. The molecule has 2 atom stereocenters. The Hall–Kier alpha value is -0.440. The fourth-order valence-corrected chi connectivity index (χ4v) is 1.10. The average Bonchev–Trinajstić information content (AvgIpc) is 2.10. The zero-order chi connectivity index (χ0) is 10.3. The molecule has 0 aliphatic heterocycles. The van der Waals surface area contributed by atoms with Crippen LogP contribution >= 0.6 is 0 Å². The lowest BCUT2D eigenvalue weighted by atomic mass is 9.90. The first-order valence-corrected chi connectivity index (χ1v) is 4.58. The van der Waals surface area contributed by atoms with Gasteiger partial charge in [0, 0.05) is 13.7 Å². The van der Waals surface area contributed by atoms with Gasteiger partial charge in [-0.25, -0.2) is 0 Å². The third-order valence-corrected chi connectivity index (χ3v) is 2.39. The maximum absolute atomic E-state index is 11.7. The van der Waals surface area contributed by atoms with E-state index in [0.717, 1.165) is 12.5 Å². The van der Waals surface area contributed by atoms with Crippen LogP contribution in [0.5, 0.6) is 0 Å². The largest absolute Gasteiger partial charge is 0.385 e. The first-order valence-electron chi connectivity index (χ1n) is 4.58. The molecule has 3 heteroatoms. The predicted octanol–water partition coefficient (Wildman–Crippen LogP) is 3.47. The van der Waals surface area contributed by atoms with E-state index in [4.69, 9.17) is 4.74 Å². The van der Waals surface area contributed by atoms with Crippen molar-refractivity contribution >= 4 is 0 Å². The standard InChI is InChI=1S/C10H18F2O/c1-8(4-5-10(11)12)9(2)6-7-13-3/h5,8-9H,4,6-7H2,1-3H3. The van der Waals surface area contributed by atoms with Crippen LogP contribution in [-0.4, -0.2) is 13.7 Å². The second kappa shape index (κ2) is 7.01. The summed E-state index contributed by atoms with van der Waals surface area (Å²) < 4.78 is 28.4. The van der Waals surface area contributed by atoms with Crippen molar-refractivity contribution in [2.75, 3.05) is 13.7 Å². The molecule has 0 radical (unpaired) electrons. The molecule has 0 aliphatic rings. The quantitative estimate of drug-likeness (QED) is 0.626. The highest BCUT2D eigenvalue weighted by Gasteiger charge is 2.10. The van der Waals surface area contributed by atoms with E-state index in [-0.39, 0.29) is 5.92 Å². The van der Waals surface area contributed by atoms with E-state index in [9.17, 15) is 8.78 Å². The Kier molecular flexibility index (Phi) is 6.77. The van der Waals surface area contributed by atoms with E-state index in [2.05, 4.69) is 6.92 Å². The second-order valence-electron chi connectivity index (χ2n) is 3.47. The van der Waals surface area contributed by atoms with Crippen LogP contribution in [0.2, 0.25) is 0 Å². The Bertz CT molecular complexity index is 153. The summed E-state index contributed by atoms with van der Waals surface area (Å²) in [5.74, 6) is 0.715. The lowest BCUT2D eigenvalue weighted by molar-refractivity contribution is 0.167. The smallest absolute Gasteiger partial charge is 0.266 e. The molecule has 0 N–H and O–H groups in total. The molecule has 0 saturated heterocycles. The minimum absolute atomic E-state index is 0.289. The summed E-state index contributed by atoms with van der Waals surface area (Å²) in [5, 5.41) is 0. The molecule has 0 amide bonds. The van der Waals surface area contributed by atoms with Crippen LogP contribution in [-0.2, 0) is 4.74 Å². The molecular formula is C10H18F2O. The molecule has 0 aromatic rings. The molecule has 0 aromatic carbocycles. The summed E-state index contributed by atoms with van der Waals surface area (Å²) in [6.45, 7) is 4.75. The Morgan fingerprint density at radius 2 is 1.92 bits per heavy atom. The fraction of sp³-hybridized carbons (Fsp3) is 0.800. The van der Waals surface area contributed by atoms with Crippen LogP contribution in [0.1, 0.15) is 26.7 Å². The van der Waals surface area contributed by atoms with Gasteiger partial charge in [0.25, 0.3) is 6.08 Å². The molecule has 0 fully saturated rings. The lowest BCUT2D eigenvalue weighted by Gasteiger charge is -2.17. The van der Waals surface area contributed by atoms with Gasteiger partial charge >= 0.3 is 0 Å². The Balaban J connectivity index is 3.68. The molecular weight excluding hydrogens is 174 g/mol. The van der Waals surface area contributed by atoms with Crippen LogP contribution in [0.25, 0.3) is 0 Å². The SMILES string of the molecule is COCCC(C)C(C)CC=C(F)F. The molecule has 2 unspecified atom stereocenters. The molecule has 1 nitrogen and oxygen atoms in total. The van der Waals surface area contributed by atoms with E-state index >= 15 is 0 Å². The third kappa shape index (κ3) is 6.70. The number of allylic oxidation sites excluding steroid dienone is 1. The normalized spacial score (nSPS) is 15.2. The molecule has 13 heavy (non-hydrogen) atoms. The highest BCUT2D eigenvalue weighted by atomic mass is 19.3. The molecule has 0 rings (SSSR count). The summed E-state index contributed by atoms with van der Waals surface area (Å²) in [5.41, 5.74) is 0. The van der Waals surface area contributed by atoms with Crippen molar-refractivity contribution in [3.63, 3.8) is 0 Å². The summed E-state index contributed by atoms with van der Waals surface area (Å²) in [6.07, 6.45) is 0.798. The van der Waals surface area contributed by atoms with E-state index in [1.165, 1.54) is 0 Å². The van der Waals surface area contributed by atoms with Crippen molar-refractivity contribution in [2.45, 2.75) is 26.7 Å². The number of halogens is 2. The van der Waals surface area contributed by atoms with Crippen LogP contribution in [0.4, 0.5) is 8.78 Å². The summed E-state index contributed by atoms with van der Waals surface area (Å²) in [6, 6.07) is 0. The Labute approximate surface area is 78.8 Å². The third-order valence-electron chi connectivity index (χ3n) is 2.39. The van der Waals surface area contributed by atoms with Gasteiger partial charge in [-0.15, -0.1) is 0 Å². The number of methoxy groups -OCH3 is 1. The van der Waals surface area contributed by atoms with Gasteiger partial charge in [-0.1, -0.05) is 13.8 Å². The van der Waals surface area contributed by atoms with Crippen molar-refractivity contribution in [2.24, 2.45) is 11.8 Å². The highest BCUT2D eigenvalue weighted by Crippen LogP contribution is 2.19. The second-order valence-corrected chi connectivity index (χ2v) is 3.47. The molecule has 0 bridgehead atoms. The minimum atomic E-state index is -1.58. The molecule has 0 aliphatic carbocycles. The van der Waals surface area contributed by atoms with Crippen molar-refractivity contribution in [1.29, 1.82) is 0 Å². The van der Waals surface area contributed by atoms with Gasteiger partial charge in [-0.2, -0.15) is 8.78 Å². The maximum Gasteiger partial charge on any atom is 0.266 e. The van der Waals surface area contributed by atoms with Crippen LogP contribution < -0.4 is 0 Å². The van der Waals surface area contributed by atoms with Gasteiger partial charge < -0.3 is 4.74 Å². The zero-order valence-corrected chi connectivity index (χ0v) is 8.52. The molecule has 0 spiro atoms. The predicted molar refractivity (Wildman–Crippen MR) is 49.7 cm³/mol. The van der Waals surface area contributed by atoms with Gasteiger partial charge in [0.2, 0.25) is 0 Å². The Morgan fingerprint density at radius 1 is 1.31 bits per heavy atom. The van der Waals surface area contributed by atoms with E-state index < -0.39 is 6.08 Å². The van der Waals surface area contributed by atoms with Gasteiger partial charge in [0.05, 0.1) is 0 Å². The minimum Gasteiger partial charge on any atom is -0.385 e. The number of hydrogen-bond acceptors (Lipinski definition) is 1. The molecule has 0 saturated carbocycles. The lowest BCUT2D eigenvalue weighted by Crippen LogP contribution is -2.09. The van der Waals surface area contributed by atoms with Crippen LogP contribution in [0.3, 0.4) is 0 Å². The van der Waals surface area contributed by atoms with Gasteiger partial charge in [0.15, 0.2) is 0 Å². The van der Waals surface area contributed by atoms with Gasteiger partial charge in [-0.3, -0.25) is 0 Å². The topological polar surface area (TPSA) is 9.23 Å². The van der Waals surface area contributed by atoms with Crippen molar-refractivity contribution in [3.05, 3.63) is 12.2 Å². The van der Waals surface area contributed by atoms with Crippen molar-refractivity contribution in [3.8, 4) is 0 Å². The van der Waals surface area contributed by atoms with E-state index in [1.54, 1.807) is 7.11 Å². The fourth-order valence-electron chi connectivity index (χ4n) is 1.10. The van der Waals surface area contributed by atoms with Crippen LogP contribution in [0.15, 0.2) is 12.2 Å². The van der Waals surface area contributed by atoms with Gasteiger partial charge in [-0.05, 0) is 30.8 Å². The van der Waals surface area contributed by atoms with Crippen LogP contribution in [0, 0.1) is 11.8 Å². The summed E-state index contributed by atoms with van der Waals surface area (Å²) in [7, 11) is 1.65. The average molecular weight is 192 g/mol. The highest BCUT2D eigenvalue weighted by molar-refractivity contribution is 4.83. The van der Waals surface area contributed by atoms with Crippen molar-refractivity contribution < 1.29 is 13.5 Å². The first kappa shape index (κ1) is 12.6. The molecule has 78 valence electrons. The number of rotatable bonds is 6. The zero-order valence-electron chi connectivity index (χ0n) is 8.52. The molecule has 0 aromatic heterocycles. The Morgan fingerprint density at radius 3 is 2.38 bits per heavy atom. The van der Waals surface area contributed by atoms with Gasteiger partial charge in [0.1, 0.15) is 0 Å². The summed E-state index contributed by atoms with van der Waals surface area (Å²) in [4.78, 5) is 0. The summed E-state index contributed by atoms with van der Waals surface area (Å²) >= 11 is 0. The molecule has 0 heterocycles. The first-order chi connectivity index (χ1) is 6.07. The van der Waals surface area contributed by atoms with Crippen molar-refractivity contribution in [1.82, 2.24) is 0 Å². The number of hydrogen-bond donors (Lipinski definition) is 0. The van der Waals surface area contributed by atoms with E-state index in [0.29, 0.717) is 18.9 Å². The van der Waals surface area contributed by atoms with E-state index in [1.807, 2.05) is 6.92 Å². The maximum atomic E-state index is 11.7.